The van der Waals surface area contributed by atoms with Gasteiger partial charge in [0, 0.05) is 5.69 Å². The molecule has 0 atom stereocenters. The third kappa shape index (κ3) is 1.68. The number of aromatic amines is 1. The van der Waals surface area contributed by atoms with Crippen LogP contribution < -0.4 is 0 Å². The van der Waals surface area contributed by atoms with Gasteiger partial charge in [-0.2, -0.15) is 0 Å². The molecular weight excluding hydrogens is 262 g/mol. The number of hydrogen-bond donors (Lipinski definition) is 1. The Morgan fingerprint density at radius 2 is 1.80 bits per heavy atom. The molecule has 100 valence electrons. The van der Waals surface area contributed by atoms with Gasteiger partial charge in [-0.15, -0.1) is 0 Å². The van der Waals surface area contributed by atoms with Crippen molar-refractivity contribution in [3.05, 3.63) is 53.1 Å². The van der Waals surface area contributed by atoms with Crippen LogP contribution in [-0.4, -0.2) is 32.8 Å². The van der Waals surface area contributed by atoms with E-state index in [9.17, 15) is 14.4 Å². The first-order valence-corrected chi connectivity index (χ1v) is 5.79. The fraction of sp³-hybridized carbons (Fsp3) is 0.0769. The van der Waals surface area contributed by atoms with Gasteiger partial charge in [0.15, 0.2) is 5.69 Å². The molecule has 0 saturated heterocycles. The third-order valence-electron chi connectivity index (χ3n) is 2.95. The predicted octanol–water partition coefficient (Wildman–Crippen LogP) is 1.09. The van der Waals surface area contributed by atoms with Gasteiger partial charge >= 0.3 is 5.97 Å². The number of benzene rings is 1. The SMILES string of the molecule is Cc1[nH]cnc1C(=O)ON1C(=O)c2ccccc2C1=O. The van der Waals surface area contributed by atoms with Crippen LogP contribution in [0, 0.1) is 6.92 Å². The predicted molar refractivity (Wildman–Crippen MR) is 65.7 cm³/mol. The normalized spacial score (nSPS) is 13.6. The molecule has 0 bridgehead atoms. The van der Waals surface area contributed by atoms with E-state index in [0.717, 1.165) is 0 Å². The van der Waals surface area contributed by atoms with Gasteiger partial charge in [0.05, 0.1) is 17.5 Å². The summed E-state index contributed by atoms with van der Waals surface area (Å²) in [7, 11) is 0. The fourth-order valence-electron chi connectivity index (χ4n) is 1.94. The quantitative estimate of drug-likeness (QED) is 0.825. The maximum absolute atomic E-state index is 12.0. The number of rotatable bonds is 2. The molecule has 1 aliphatic rings. The zero-order chi connectivity index (χ0) is 14.3. The highest BCUT2D eigenvalue weighted by molar-refractivity contribution is 6.21. The van der Waals surface area contributed by atoms with Gasteiger partial charge in [-0.3, -0.25) is 9.59 Å². The minimum atomic E-state index is -0.863. The summed E-state index contributed by atoms with van der Waals surface area (Å²) in [6, 6.07) is 6.27. The Balaban J connectivity index is 1.87. The number of fused-ring (bicyclic) bond motifs is 1. The van der Waals surface area contributed by atoms with E-state index >= 15 is 0 Å². The van der Waals surface area contributed by atoms with E-state index < -0.39 is 17.8 Å². The van der Waals surface area contributed by atoms with E-state index in [1.54, 1.807) is 19.1 Å². The number of H-pyrrole nitrogens is 1. The van der Waals surface area contributed by atoms with E-state index in [1.165, 1.54) is 18.5 Å². The third-order valence-corrected chi connectivity index (χ3v) is 2.95. The highest BCUT2D eigenvalue weighted by atomic mass is 16.7. The number of hydroxylamine groups is 2. The van der Waals surface area contributed by atoms with Gasteiger partial charge in [-0.05, 0) is 19.1 Å². The number of imide groups is 1. The summed E-state index contributed by atoms with van der Waals surface area (Å²) < 4.78 is 0. The molecule has 0 unspecified atom stereocenters. The van der Waals surface area contributed by atoms with Crippen LogP contribution >= 0.6 is 0 Å². The molecule has 2 amide bonds. The van der Waals surface area contributed by atoms with Crippen molar-refractivity contribution in [2.75, 3.05) is 0 Å². The van der Waals surface area contributed by atoms with Gasteiger partial charge in [0.25, 0.3) is 11.8 Å². The lowest BCUT2D eigenvalue weighted by Crippen LogP contribution is -2.33. The Morgan fingerprint density at radius 3 is 2.30 bits per heavy atom. The van der Waals surface area contributed by atoms with E-state index in [2.05, 4.69) is 9.97 Å². The second-order valence-corrected chi connectivity index (χ2v) is 4.21. The first-order valence-electron chi connectivity index (χ1n) is 5.79. The molecule has 0 spiro atoms. The van der Waals surface area contributed by atoms with Crippen LogP contribution in [0.5, 0.6) is 0 Å². The number of nitrogens with zero attached hydrogens (tertiary/aromatic N) is 2. The molecule has 20 heavy (non-hydrogen) atoms. The smallest absolute Gasteiger partial charge is 0.348 e. The summed E-state index contributed by atoms with van der Waals surface area (Å²) in [6.07, 6.45) is 1.33. The van der Waals surface area contributed by atoms with Crippen LogP contribution in [0.2, 0.25) is 0 Å². The summed E-state index contributed by atoms with van der Waals surface area (Å²) in [4.78, 5) is 47.2. The van der Waals surface area contributed by atoms with E-state index in [4.69, 9.17) is 4.84 Å². The van der Waals surface area contributed by atoms with Crippen molar-refractivity contribution in [2.45, 2.75) is 6.92 Å². The summed E-state index contributed by atoms with van der Waals surface area (Å²) in [5.74, 6) is -2.18. The van der Waals surface area contributed by atoms with Crippen molar-refractivity contribution in [1.82, 2.24) is 15.0 Å². The monoisotopic (exact) mass is 271 g/mol. The molecule has 0 saturated carbocycles. The minimum Gasteiger partial charge on any atom is -0.348 e. The Morgan fingerprint density at radius 1 is 1.20 bits per heavy atom. The highest BCUT2D eigenvalue weighted by Gasteiger charge is 2.39. The van der Waals surface area contributed by atoms with E-state index in [1.807, 2.05) is 0 Å². The Labute approximate surface area is 113 Å². The molecule has 0 fully saturated rings. The Bertz CT molecular complexity index is 700. The molecule has 3 rings (SSSR count). The molecular formula is C13H9N3O4. The van der Waals surface area contributed by atoms with Crippen molar-refractivity contribution in [3.8, 4) is 0 Å². The van der Waals surface area contributed by atoms with Crippen molar-refractivity contribution >= 4 is 17.8 Å². The van der Waals surface area contributed by atoms with Crippen LogP contribution in [0.1, 0.15) is 36.9 Å². The topological polar surface area (TPSA) is 92.4 Å². The van der Waals surface area contributed by atoms with Crippen molar-refractivity contribution in [2.24, 2.45) is 0 Å². The lowest BCUT2D eigenvalue weighted by atomic mass is 10.1. The van der Waals surface area contributed by atoms with E-state index in [-0.39, 0.29) is 16.8 Å². The van der Waals surface area contributed by atoms with Gasteiger partial charge in [-0.1, -0.05) is 17.2 Å². The Hall–Kier alpha value is -2.96. The zero-order valence-corrected chi connectivity index (χ0v) is 10.4. The fourth-order valence-corrected chi connectivity index (χ4v) is 1.94. The maximum atomic E-state index is 12.0. The second-order valence-electron chi connectivity index (χ2n) is 4.21. The molecule has 0 aliphatic carbocycles. The van der Waals surface area contributed by atoms with Crippen molar-refractivity contribution in [3.63, 3.8) is 0 Å². The molecule has 1 aromatic heterocycles. The number of hydrogen-bond acceptors (Lipinski definition) is 5. The van der Waals surface area contributed by atoms with Crippen LogP contribution in [0.15, 0.2) is 30.6 Å². The average molecular weight is 271 g/mol. The lowest BCUT2D eigenvalue weighted by molar-refractivity contribution is -0.0588. The molecule has 1 aromatic carbocycles. The van der Waals surface area contributed by atoms with Gasteiger partial charge < -0.3 is 9.82 Å². The summed E-state index contributed by atoms with van der Waals surface area (Å²) >= 11 is 0. The number of carbonyl (C=O) groups is 3. The number of aromatic nitrogens is 2. The molecule has 0 radical (unpaired) electrons. The zero-order valence-electron chi connectivity index (χ0n) is 10.4. The standard InChI is InChI=1S/C13H9N3O4/c1-7-10(15-6-14-7)13(19)20-16-11(17)8-4-2-3-5-9(8)12(16)18/h2-6H,1H3,(H,14,15). The van der Waals surface area contributed by atoms with Crippen LogP contribution in [0.4, 0.5) is 0 Å². The van der Waals surface area contributed by atoms with Crippen molar-refractivity contribution in [1.29, 1.82) is 0 Å². The van der Waals surface area contributed by atoms with E-state index in [0.29, 0.717) is 10.8 Å². The summed E-state index contributed by atoms with van der Waals surface area (Å²) in [6.45, 7) is 1.63. The molecule has 1 N–H and O–H groups in total. The number of amides is 2. The number of carbonyl (C=O) groups excluding carboxylic acids is 3. The second kappa shape index (κ2) is 4.30. The molecule has 2 aromatic rings. The summed E-state index contributed by atoms with van der Waals surface area (Å²) in [5, 5.41) is 0.459. The van der Waals surface area contributed by atoms with Crippen LogP contribution in [-0.2, 0) is 4.84 Å². The molecule has 1 aliphatic heterocycles. The molecule has 7 heteroatoms. The molecule has 7 nitrogen and oxygen atoms in total. The average Bonchev–Trinajstić information content (AvgIpc) is 2.97. The lowest BCUT2D eigenvalue weighted by Gasteiger charge is -2.11. The summed E-state index contributed by atoms with van der Waals surface area (Å²) in [5.41, 5.74) is 0.946. The van der Waals surface area contributed by atoms with Crippen LogP contribution in [0.25, 0.3) is 0 Å². The number of aryl methyl sites for hydroxylation is 1. The Kier molecular flexibility index (Phi) is 2.60. The maximum Gasteiger partial charge on any atom is 0.383 e. The van der Waals surface area contributed by atoms with Gasteiger partial charge in [0.2, 0.25) is 0 Å². The van der Waals surface area contributed by atoms with Gasteiger partial charge in [0.1, 0.15) is 0 Å². The van der Waals surface area contributed by atoms with Crippen molar-refractivity contribution < 1.29 is 19.2 Å². The molecule has 2 heterocycles. The first kappa shape index (κ1) is 12.1. The van der Waals surface area contributed by atoms with Gasteiger partial charge in [-0.25, -0.2) is 9.78 Å². The van der Waals surface area contributed by atoms with Crippen LogP contribution in [0.3, 0.4) is 0 Å². The number of nitrogens with one attached hydrogen (secondary N) is 1. The minimum absolute atomic E-state index is 0.0292. The largest absolute Gasteiger partial charge is 0.383 e. The number of imidazole rings is 1. The highest BCUT2D eigenvalue weighted by Crippen LogP contribution is 2.23. The first-order chi connectivity index (χ1) is 9.59.